The third-order valence-electron chi connectivity index (χ3n) is 3.41. The Bertz CT molecular complexity index is 530. The maximum absolute atomic E-state index is 4.61. The Morgan fingerprint density at radius 3 is 2.68 bits per heavy atom. The number of rotatable bonds is 5. The molecule has 0 aliphatic rings. The fraction of sp³-hybridized carbons (Fsp3) is 0.467. The fourth-order valence-corrected chi connectivity index (χ4v) is 2.19. The third-order valence-corrected chi connectivity index (χ3v) is 3.41. The number of nitrogens with one attached hydrogen (secondary N) is 1. The molecule has 0 spiro atoms. The number of nitrogens with zero attached hydrogens (tertiary/aromatic N) is 3. The van der Waals surface area contributed by atoms with E-state index in [4.69, 9.17) is 0 Å². The van der Waals surface area contributed by atoms with Crippen molar-refractivity contribution in [3.05, 3.63) is 47.5 Å². The first-order valence-electron chi connectivity index (χ1n) is 6.73. The topological polar surface area (TPSA) is 42.7 Å². The molecule has 0 aliphatic carbocycles. The molecule has 0 saturated carbocycles. The van der Waals surface area contributed by atoms with Crippen LogP contribution < -0.4 is 5.32 Å². The summed E-state index contributed by atoms with van der Waals surface area (Å²) in [5.41, 5.74) is 3.61. The quantitative estimate of drug-likeness (QED) is 0.896. The van der Waals surface area contributed by atoms with Gasteiger partial charge in [-0.15, -0.1) is 0 Å². The highest BCUT2D eigenvalue weighted by Gasteiger charge is 2.14. The number of likely N-dealkylation sites (N-methyl/N-ethyl adjacent to an activating group) is 1. The maximum atomic E-state index is 4.61. The van der Waals surface area contributed by atoms with Crippen molar-refractivity contribution in [3.63, 3.8) is 0 Å². The monoisotopic (exact) mass is 258 g/mol. The minimum absolute atomic E-state index is 0.254. The summed E-state index contributed by atoms with van der Waals surface area (Å²) in [5, 5.41) is 7.97. The molecule has 0 aliphatic heterocycles. The molecule has 102 valence electrons. The molecule has 1 atom stereocenters. The fourth-order valence-electron chi connectivity index (χ4n) is 2.19. The van der Waals surface area contributed by atoms with E-state index in [1.165, 1.54) is 11.1 Å². The summed E-state index contributed by atoms with van der Waals surface area (Å²) < 4.78 is 2.00. The van der Waals surface area contributed by atoms with Gasteiger partial charge >= 0.3 is 0 Å². The van der Waals surface area contributed by atoms with Crippen LogP contribution in [-0.4, -0.2) is 21.8 Å². The molecule has 4 nitrogen and oxygen atoms in total. The minimum atomic E-state index is 0.254. The van der Waals surface area contributed by atoms with E-state index in [2.05, 4.69) is 42.2 Å². The second-order valence-electron chi connectivity index (χ2n) is 5.16. The standard InChI is InChI=1S/C15H22N4/c1-11(2)19-8-6-13(18-19)9-15(16-4)14-10-17-7-5-12(14)3/h5-8,10-11,15-16H,9H2,1-4H3. The van der Waals surface area contributed by atoms with Gasteiger partial charge in [0.25, 0.3) is 0 Å². The highest BCUT2D eigenvalue weighted by atomic mass is 15.3. The summed E-state index contributed by atoms with van der Waals surface area (Å²) in [5.74, 6) is 0. The summed E-state index contributed by atoms with van der Waals surface area (Å²) in [7, 11) is 1.98. The van der Waals surface area contributed by atoms with E-state index in [0.717, 1.165) is 12.1 Å². The van der Waals surface area contributed by atoms with Crippen LogP contribution in [0.3, 0.4) is 0 Å². The van der Waals surface area contributed by atoms with Gasteiger partial charge in [0.05, 0.1) is 5.69 Å². The second kappa shape index (κ2) is 5.97. The first-order valence-corrected chi connectivity index (χ1v) is 6.73. The molecule has 2 heterocycles. The molecule has 0 fully saturated rings. The van der Waals surface area contributed by atoms with Crippen LogP contribution in [0.25, 0.3) is 0 Å². The van der Waals surface area contributed by atoms with Gasteiger partial charge in [-0.25, -0.2) is 0 Å². The van der Waals surface area contributed by atoms with Crippen LogP contribution >= 0.6 is 0 Å². The smallest absolute Gasteiger partial charge is 0.0643 e. The van der Waals surface area contributed by atoms with Crippen LogP contribution in [-0.2, 0) is 6.42 Å². The van der Waals surface area contributed by atoms with Crippen LogP contribution in [0, 0.1) is 6.92 Å². The van der Waals surface area contributed by atoms with Crippen LogP contribution in [0.2, 0.25) is 0 Å². The lowest BCUT2D eigenvalue weighted by molar-refractivity contribution is 0.514. The summed E-state index contributed by atoms with van der Waals surface area (Å²) >= 11 is 0. The first kappa shape index (κ1) is 13.7. The predicted molar refractivity (Wildman–Crippen MR) is 77.1 cm³/mol. The SMILES string of the molecule is CNC(Cc1ccn(C(C)C)n1)c1cnccc1C. The zero-order valence-electron chi connectivity index (χ0n) is 12.1. The van der Waals surface area contributed by atoms with E-state index in [1.807, 2.05) is 36.4 Å². The largest absolute Gasteiger partial charge is 0.313 e. The summed E-state index contributed by atoms with van der Waals surface area (Å²) in [6.45, 7) is 6.39. The summed E-state index contributed by atoms with van der Waals surface area (Å²) in [6.07, 6.45) is 6.69. The number of hydrogen-bond acceptors (Lipinski definition) is 3. The van der Waals surface area contributed by atoms with Crippen LogP contribution in [0.4, 0.5) is 0 Å². The molecule has 1 unspecified atom stereocenters. The lowest BCUT2D eigenvalue weighted by Crippen LogP contribution is -2.20. The zero-order valence-corrected chi connectivity index (χ0v) is 12.1. The molecule has 19 heavy (non-hydrogen) atoms. The number of pyridine rings is 1. The molecular weight excluding hydrogens is 236 g/mol. The van der Waals surface area contributed by atoms with Crippen LogP contribution in [0.15, 0.2) is 30.7 Å². The van der Waals surface area contributed by atoms with Gasteiger partial charge in [-0.3, -0.25) is 9.67 Å². The Hall–Kier alpha value is -1.68. The molecule has 2 aromatic heterocycles. The van der Waals surface area contributed by atoms with Gasteiger partial charge in [0.15, 0.2) is 0 Å². The third kappa shape index (κ3) is 3.20. The molecule has 2 aromatic rings. The van der Waals surface area contributed by atoms with E-state index in [1.54, 1.807) is 0 Å². The van der Waals surface area contributed by atoms with Gasteiger partial charge in [-0.1, -0.05) is 0 Å². The van der Waals surface area contributed by atoms with Gasteiger partial charge in [0.1, 0.15) is 0 Å². The normalized spacial score (nSPS) is 12.9. The van der Waals surface area contributed by atoms with E-state index >= 15 is 0 Å². The first-order chi connectivity index (χ1) is 9.11. The minimum Gasteiger partial charge on any atom is -0.313 e. The Morgan fingerprint density at radius 1 is 1.32 bits per heavy atom. The molecule has 2 rings (SSSR count). The Morgan fingerprint density at radius 2 is 2.11 bits per heavy atom. The van der Waals surface area contributed by atoms with Crippen molar-refractivity contribution in [1.29, 1.82) is 0 Å². The van der Waals surface area contributed by atoms with E-state index in [-0.39, 0.29) is 6.04 Å². The predicted octanol–water partition coefficient (Wildman–Crippen LogP) is 2.67. The number of hydrogen-bond donors (Lipinski definition) is 1. The van der Waals surface area contributed by atoms with Crippen molar-refractivity contribution < 1.29 is 0 Å². The number of aromatic nitrogens is 3. The lowest BCUT2D eigenvalue weighted by Gasteiger charge is -2.17. The second-order valence-corrected chi connectivity index (χ2v) is 5.16. The van der Waals surface area contributed by atoms with Gasteiger partial charge in [-0.05, 0) is 51.1 Å². The van der Waals surface area contributed by atoms with E-state index < -0.39 is 0 Å². The molecule has 0 radical (unpaired) electrons. The summed E-state index contributed by atoms with van der Waals surface area (Å²) in [4.78, 5) is 4.22. The Kier molecular flexibility index (Phi) is 4.32. The van der Waals surface area contributed by atoms with Crippen molar-refractivity contribution in [2.24, 2.45) is 0 Å². The molecular formula is C15H22N4. The number of aryl methyl sites for hydroxylation is 1. The molecule has 4 heteroatoms. The summed E-state index contributed by atoms with van der Waals surface area (Å²) in [6, 6.07) is 4.80. The maximum Gasteiger partial charge on any atom is 0.0643 e. The van der Waals surface area contributed by atoms with E-state index in [0.29, 0.717) is 6.04 Å². The van der Waals surface area contributed by atoms with Crippen molar-refractivity contribution in [3.8, 4) is 0 Å². The zero-order chi connectivity index (χ0) is 13.8. The molecule has 0 amide bonds. The average molecular weight is 258 g/mol. The average Bonchev–Trinajstić information content (AvgIpc) is 2.86. The molecule has 0 bridgehead atoms. The van der Waals surface area contributed by atoms with Gasteiger partial charge in [0.2, 0.25) is 0 Å². The molecule has 0 aromatic carbocycles. The van der Waals surface area contributed by atoms with Crippen molar-refractivity contribution >= 4 is 0 Å². The van der Waals surface area contributed by atoms with Crippen molar-refractivity contribution in [1.82, 2.24) is 20.1 Å². The van der Waals surface area contributed by atoms with Crippen LogP contribution in [0.1, 0.15) is 42.8 Å². The Balaban J connectivity index is 2.17. The van der Waals surface area contributed by atoms with Gasteiger partial charge in [0, 0.05) is 37.1 Å². The molecule has 0 saturated heterocycles. The highest BCUT2D eigenvalue weighted by Crippen LogP contribution is 2.20. The van der Waals surface area contributed by atoms with Gasteiger partial charge < -0.3 is 5.32 Å². The lowest BCUT2D eigenvalue weighted by atomic mass is 10.00. The van der Waals surface area contributed by atoms with Crippen molar-refractivity contribution in [2.75, 3.05) is 7.05 Å². The van der Waals surface area contributed by atoms with Gasteiger partial charge in [-0.2, -0.15) is 5.10 Å². The Labute approximate surface area is 114 Å². The van der Waals surface area contributed by atoms with E-state index in [9.17, 15) is 0 Å². The highest BCUT2D eigenvalue weighted by molar-refractivity contribution is 5.26. The van der Waals surface area contributed by atoms with Crippen molar-refractivity contribution in [2.45, 2.75) is 39.3 Å². The van der Waals surface area contributed by atoms with Crippen LogP contribution in [0.5, 0.6) is 0 Å². The molecule has 1 N–H and O–H groups in total.